The molecule has 1 N–H and O–H groups in total. The second-order valence-corrected chi connectivity index (χ2v) is 5.19. The zero-order valence-corrected chi connectivity index (χ0v) is 13.3. The molecule has 22 heavy (non-hydrogen) atoms. The molecule has 2 rings (SSSR count). The molecule has 0 unspecified atom stereocenters. The van der Waals surface area contributed by atoms with Crippen LogP contribution in [0.25, 0.3) is 11.0 Å². The highest BCUT2D eigenvalue weighted by atomic mass is 16.4. The maximum absolute atomic E-state index is 11.6. The number of rotatable bonds is 6. The highest BCUT2D eigenvalue weighted by molar-refractivity contribution is 6.00. The number of aromatic hydroxyl groups is 1. The van der Waals surface area contributed by atoms with Crippen LogP contribution in [0.15, 0.2) is 32.4 Å². The van der Waals surface area contributed by atoms with E-state index in [2.05, 4.69) is 23.7 Å². The van der Waals surface area contributed by atoms with Crippen molar-refractivity contribution in [3.63, 3.8) is 0 Å². The number of likely N-dealkylation sites (N-methyl/N-ethyl adjacent to an activating group) is 1. The first-order chi connectivity index (χ1) is 10.6. The fraction of sp³-hybridized carbons (Fsp3) is 0.412. The number of nitrogens with zero attached hydrogens (tertiary/aromatic N) is 2. The van der Waals surface area contributed by atoms with E-state index in [0.717, 1.165) is 30.6 Å². The Morgan fingerprint density at radius 1 is 1.32 bits per heavy atom. The third-order valence-corrected chi connectivity index (χ3v) is 3.80. The Kier molecular flexibility index (Phi) is 5.33. The van der Waals surface area contributed by atoms with Gasteiger partial charge in [-0.1, -0.05) is 13.8 Å². The van der Waals surface area contributed by atoms with Crippen molar-refractivity contribution in [3.8, 4) is 5.75 Å². The Morgan fingerprint density at radius 3 is 2.73 bits per heavy atom. The van der Waals surface area contributed by atoms with E-state index in [1.807, 2.05) is 6.92 Å². The largest absolute Gasteiger partial charge is 0.507 e. The lowest BCUT2D eigenvalue weighted by Gasteiger charge is -2.15. The Morgan fingerprint density at radius 2 is 2.05 bits per heavy atom. The first-order valence-corrected chi connectivity index (χ1v) is 7.55. The lowest BCUT2D eigenvalue weighted by Crippen LogP contribution is -2.25. The zero-order valence-electron chi connectivity index (χ0n) is 13.3. The SMILES string of the molecule is CCN(CC)CCN=Cc1c(O)ccc2c(C)cc(=O)oc12. The summed E-state index contributed by atoms with van der Waals surface area (Å²) in [5, 5.41) is 10.8. The molecular weight excluding hydrogens is 280 g/mol. The van der Waals surface area contributed by atoms with Crippen LogP contribution in [0.3, 0.4) is 0 Å². The van der Waals surface area contributed by atoms with E-state index in [4.69, 9.17) is 4.42 Å². The molecule has 0 amide bonds. The second kappa shape index (κ2) is 7.22. The van der Waals surface area contributed by atoms with E-state index in [9.17, 15) is 9.90 Å². The van der Waals surface area contributed by atoms with E-state index < -0.39 is 5.63 Å². The van der Waals surface area contributed by atoms with E-state index in [0.29, 0.717) is 17.7 Å². The highest BCUT2D eigenvalue weighted by Gasteiger charge is 2.10. The van der Waals surface area contributed by atoms with Crippen molar-refractivity contribution in [2.45, 2.75) is 20.8 Å². The molecule has 0 spiro atoms. The maximum Gasteiger partial charge on any atom is 0.336 e. The first kappa shape index (κ1) is 16.2. The number of benzene rings is 1. The van der Waals surface area contributed by atoms with Crippen LogP contribution in [-0.2, 0) is 0 Å². The molecule has 2 aromatic rings. The van der Waals surface area contributed by atoms with Crippen LogP contribution in [-0.4, -0.2) is 42.4 Å². The van der Waals surface area contributed by atoms with Crippen LogP contribution in [0.5, 0.6) is 5.75 Å². The molecule has 1 aromatic heterocycles. The number of aliphatic imine (C=N–C) groups is 1. The Balaban J connectivity index is 2.30. The van der Waals surface area contributed by atoms with Gasteiger partial charge in [-0.2, -0.15) is 0 Å². The van der Waals surface area contributed by atoms with Crippen LogP contribution in [0, 0.1) is 6.92 Å². The summed E-state index contributed by atoms with van der Waals surface area (Å²) in [5.74, 6) is 0.0628. The molecule has 0 fully saturated rings. The minimum Gasteiger partial charge on any atom is -0.507 e. The maximum atomic E-state index is 11.6. The predicted octanol–water partition coefficient (Wildman–Crippen LogP) is 2.57. The molecule has 0 saturated carbocycles. The molecule has 0 aliphatic heterocycles. The lowest BCUT2D eigenvalue weighted by molar-refractivity contribution is 0.313. The van der Waals surface area contributed by atoms with Crippen molar-refractivity contribution in [2.75, 3.05) is 26.2 Å². The normalized spacial score (nSPS) is 11.8. The van der Waals surface area contributed by atoms with Crippen LogP contribution >= 0.6 is 0 Å². The molecule has 0 bridgehead atoms. The molecule has 5 heteroatoms. The predicted molar refractivity (Wildman–Crippen MR) is 89.1 cm³/mol. The lowest BCUT2D eigenvalue weighted by atomic mass is 10.1. The van der Waals surface area contributed by atoms with Gasteiger partial charge in [-0.05, 0) is 37.7 Å². The van der Waals surface area contributed by atoms with E-state index in [1.165, 1.54) is 6.07 Å². The third kappa shape index (κ3) is 3.54. The smallest absolute Gasteiger partial charge is 0.336 e. The van der Waals surface area contributed by atoms with Gasteiger partial charge in [0, 0.05) is 24.2 Å². The van der Waals surface area contributed by atoms with Crippen LogP contribution in [0.2, 0.25) is 0 Å². The topological polar surface area (TPSA) is 66.0 Å². The first-order valence-electron chi connectivity index (χ1n) is 7.55. The van der Waals surface area contributed by atoms with Crippen molar-refractivity contribution in [1.82, 2.24) is 4.90 Å². The average molecular weight is 302 g/mol. The monoisotopic (exact) mass is 302 g/mol. The van der Waals surface area contributed by atoms with Crippen molar-refractivity contribution in [3.05, 3.63) is 39.7 Å². The number of hydrogen-bond acceptors (Lipinski definition) is 5. The second-order valence-electron chi connectivity index (χ2n) is 5.19. The van der Waals surface area contributed by atoms with E-state index in [1.54, 1.807) is 18.3 Å². The summed E-state index contributed by atoms with van der Waals surface area (Å²) in [6.07, 6.45) is 1.59. The fourth-order valence-electron chi connectivity index (χ4n) is 2.41. The van der Waals surface area contributed by atoms with Crippen molar-refractivity contribution < 1.29 is 9.52 Å². The molecule has 0 aliphatic rings. The molecule has 5 nitrogen and oxygen atoms in total. The summed E-state index contributed by atoms with van der Waals surface area (Å²) in [6, 6.07) is 4.79. The summed E-state index contributed by atoms with van der Waals surface area (Å²) in [5.41, 5.74) is 1.24. The minimum absolute atomic E-state index is 0.0628. The van der Waals surface area contributed by atoms with Crippen LogP contribution < -0.4 is 5.63 Å². The van der Waals surface area contributed by atoms with Crippen molar-refractivity contribution in [1.29, 1.82) is 0 Å². The van der Waals surface area contributed by atoms with Gasteiger partial charge >= 0.3 is 5.63 Å². The highest BCUT2D eigenvalue weighted by Crippen LogP contribution is 2.26. The molecule has 118 valence electrons. The van der Waals surface area contributed by atoms with Gasteiger partial charge in [0.25, 0.3) is 0 Å². The van der Waals surface area contributed by atoms with E-state index in [-0.39, 0.29) is 5.75 Å². The van der Waals surface area contributed by atoms with Gasteiger partial charge in [0.1, 0.15) is 5.75 Å². The van der Waals surface area contributed by atoms with Crippen LogP contribution in [0.4, 0.5) is 0 Å². The Hall–Kier alpha value is -2.14. The molecule has 0 atom stereocenters. The molecule has 1 heterocycles. The van der Waals surface area contributed by atoms with Crippen molar-refractivity contribution in [2.24, 2.45) is 4.99 Å². The van der Waals surface area contributed by atoms with E-state index >= 15 is 0 Å². The number of aryl methyl sites for hydroxylation is 1. The number of hydrogen-bond donors (Lipinski definition) is 1. The minimum atomic E-state index is -0.423. The summed E-state index contributed by atoms with van der Waals surface area (Å²) in [4.78, 5) is 18.2. The number of phenols is 1. The summed E-state index contributed by atoms with van der Waals surface area (Å²) in [6.45, 7) is 9.53. The molecule has 0 aliphatic carbocycles. The number of phenolic OH excluding ortho intramolecular Hbond substituents is 1. The van der Waals surface area contributed by atoms with Gasteiger partial charge in [0.15, 0.2) is 5.58 Å². The molecule has 1 aromatic carbocycles. The standard InChI is InChI=1S/C17H22N2O3/c1-4-19(5-2)9-8-18-11-14-15(20)7-6-13-12(3)10-16(21)22-17(13)14/h6-7,10-11,20H,4-5,8-9H2,1-3H3. The quantitative estimate of drug-likeness (QED) is 0.658. The van der Waals surface area contributed by atoms with Gasteiger partial charge in [-0.3, -0.25) is 4.99 Å². The zero-order chi connectivity index (χ0) is 16.1. The summed E-state index contributed by atoms with van der Waals surface area (Å²) >= 11 is 0. The van der Waals surface area contributed by atoms with Gasteiger partial charge in [-0.15, -0.1) is 0 Å². The molecule has 0 saturated heterocycles. The van der Waals surface area contributed by atoms with Gasteiger partial charge in [-0.25, -0.2) is 4.79 Å². The van der Waals surface area contributed by atoms with Gasteiger partial charge in [0.2, 0.25) is 0 Å². The van der Waals surface area contributed by atoms with Crippen LogP contribution in [0.1, 0.15) is 25.0 Å². The summed E-state index contributed by atoms with van der Waals surface area (Å²) < 4.78 is 5.26. The van der Waals surface area contributed by atoms with Gasteiger partial charge in [0.05, 0.1) is 12.1 Å². The van der Waals surface area contributed by atoms with Gasteiger partial charge < -0.3 is 14.4 Å². The Labute approximate surface area is 129 Å². The number of fused-ring (bicyclic) bond motifs is 1. The fourth-order valence-corrected chi connectivity index (χ4v) is 2.41. The summed E-state index contributed by atoms with van der Waals surface area (Å²) in [7, 11) is 0. The molecular formula is C17H22N2O3. The van der Waals surface area contributed by atoms with Crippen molar-refractivity contribution >= 4 is 17.2 Å². The Bertz CT molecular complexity index is 730. The molecule has 0 radical (unpaired) electrons. The average Bonchev–Trinajstić information content (AvgIpc) is 2.49. The third-order valence-electron chi connectivity index (χ3n) is 3.80.